The van der Waals surface area contributed by atoms with Crippen LogP contribution in [0, 0.1) is 5.92 Å². The Morgan fingerprint density at radius 3 is 0.700 bits per heavy atom. The van der Waals surface area contributed by atoms with Crippen molar-refractivity contribution in [3.8, 4) is 0 Å². The fourth-order valence-corrected chi connectivity index (χ4v) is 14.6. The lowest BCUT2D eigenvalue weighted by Gasteiger charge is -2.40. The minimum atomic E-state index is -0.573. The summed E-state index contributed by atoms with van der Waals surface area (Å²) >= 11 is 0. The van der Waals surface area contributed by atoms with Gasteiger partial charge in [0.2, 0.25) is 0 Å². The standard InChI is InChI=1S/C48H68P2/c1-12-21-48(34(10)49(44-26-36(13-2)22-37(14-3)27-44)45-28-38(15-4)23-39(16-5)29-45)35(11)50(46-30-40(17-6)24-41(18-7)31-46)47-32-42(19-8)25-43(20-9)33-47/h22-35,48H,12-21H2,1-11H3. The van der Waals surface area contributed by atoms with E-state index >= 15 is 0 Å². The van der Waals surface area contributed by atoms with Crippen molar-refractivity contribution in [3.63, 3.8) is 0 Å². The van der Waals surface area contributed by atoms with Crippen LogP contribution >= 0.6 is 15.8 Å². The number of hydrogen-bond acceptors (Lipinski definition) is 0. The number of aryl methyl sites for hydroxylation is 8. The quantitative estimate of drug-likeness (QED) is 0.0904. The van der Waals surface area contributed by atoms with Gasteiger partial charge in [-0.25, -0.2) is 0 Å². The molecule has 270 valence electrons. The van der Waals surface area contributed by atoms with E-state index in [-0.39, 0.29) is 0 Å². The molecule has 0 bridgehead atoms. The van der Waals surface area contributed by atoms with Crippen molar-refractivity contribution in [1.82, 2.24) is 0 Å². The van der Waals surface area contributed by atoms with Gasteiger partial charge in [0.05, 0.1) is 0 Å². The van der Waals surface area contributed by atoms with Crippen molar-refractivity contribution in [2.75, 3.05) is 0 Å². The van der Waals surface area contributed by atoms with E-state index in [0.717, 1.165) is 51.4 Å². The average molecular weight is 707 g/mol. The van der Waals surface area contributed by atoms with Crippen molar-refractivity contribution in [2.24, 2.45) is 5.92 Å². The molecule has 0 saturated heterocycles. The molecule has 0 N–H and O–H groups in total. The van der Waals surface area contributed by atoms with Gasteiger partial charge in [0.25, 0.3) is 0 Å². The highest BCUT2D eigenvalue weighted by molar-refractivity contribution is 7.74. The van der Waals surface area contributed by atoms with E-state index in [0.29, 0.717) is 17.2 Å². The third-order valence-corrected chi connectivity index (χ3v) is 16.9. The van der Waals surface area contributed by atoms with Gasteiger partial charge < -0.3 is 0 Å². The molecule has 50 heavy (non-hydrogen) atoms. The lowest BCUT2D eigenvalue weighted by atomic mass is 9.97. The summed E-state index contributed by atoms with van der Waals surface area (Å²) in [5.41, 5.74) is 13.1. The Balaban J connectivity index is 1.99. The van der Waals surface area contributed by atoms with E-state index in [1.165, 1.54) is 57.3 Å². The van der Waals surface area contributed by atoms with Crippen molar-refractivity contribution in [1.29, 1.82) is 0 Å². The summed E-state index contributed by atoms with van der Waals surface area (Å²) in [4.78, 5) is 0. The zero-order chi connectivity index (χ0) is 36.4. The number of benzene rings is 4. The summed E-state index contributed by atoms with van der Waals surface area (Å²) < 4.78 is 0. The van der Waals surface area contributed by atoms with Crippen molar-refractivity contribution < 1.29 is 0 Å². The summed E-state index contributed by atoms with van der Waals surface area (Å²) in [5.74, 6) is 0.605. The third kappa shape index (κ3) is 9.78. The molecular weight excluding hydrogens is 638 g/mol. The van der Waals surface area contributed by atoms with Crippen LogP contribution in [-0.4, -0.2) is 11.3 Å². The molecule has 0 aliphatic carbocycles. The van der Waals surface area contributed by atoms with Gasteiger partial charge in [-0.05, 0) is 157 Å². The molecule has 0 nitrogen and oxygen atoms in total. The molecule has 4 aromatic carbocycles. The molecule has 2 atom stereocenters. The van der Waals surface area contributed by atoms with Crippen LogP contribution in [0.5, 0.6) is 0 Å². The smallest absolute Gasteiger partial charge is 0.0123 e. The third-order valence-electron chi connectivity index (χ3n) is 11.2. The van der Waals surface area contributed by atoms with Crippen molar-refractivity contribution in [3.05, 3.63) is 117 Å². The Morgan fingerprint density at radius 1 is 0.340 bits per heavy atom. The van der Waals surface area contributed by atoms with E-state index < -0.39 is 15.8 Å². The summed E-state index contributed by atoms with van der Waals surface area (Å²) in [6, 6.07) is 30.6. The molecule has 0 aliphatic heterocycles. The Labute approximate surface area is 310 Å². The predicted octanol–water partition coefficient (Wildman–Crippen LogP) is 11.9. The van der Waals surface area contributed by atoms with Gasteiger partial charge in [0, 0.05) is 0 Å². The van der Waals surface area contributed by atoms with Gasteiger partial charge in [0.1, 0.15) is 0 Å². The van der Waals surface area contributed by atoms with Crippen LogP contribution in [0.25, 0.3) is 0 Å². The highest BCUT2D eigenvalue weighted by Gasteiger charge is 2.36. The molecule has 0 radical (unpaired) electrons. The normalized spacial score (nSPS) is 13.6. The minimum absolute atomic E-state index is 0.554. The lowest BCUT2D eigenvalue weighted by Crippen LogP contribution is -2.35. The molecule has 0 spiro atoms. The fourth-order valence-electron chi connectivity index (χ4n) is 8.00. The van der Waals surface area contributed by atoms with Crippen LogP contribution in [-0.2, 0) is 51.4 Å². The van der Waals surface area contributed by atoms with Crippen molar-refractivity contribution >= 4 is 37.1 Å². The second-order valence-corrected chi connectivity index (χ2v) is 19.7. The Bertz CT molecular complexity index is 1340. The maximum Gasteiger partial charge on any atom is -0.0123 e. The molecule has 2 unspecified atom stereocenters. The van der Waals surface area contributed by atoms with Crippen LogP contribution in [0.2, 0.25) is 0 Å². The number of rotatable bonds is 18. The van der Waals surface area contributed by atoms with Gasteiger partial charge in [-0.3, -0.25) is 0 Å². The molecule has 4 rings (SSSR count). The van der Waals surface area contributed by atoms with Crippen LogP contribution in [0.4, 0.5) is 0 Å². The highest BCUT2D eigenvalue weighted by atomic mass is 31.1. The van der Waals surface area contributed by atoms with Crippen LogP contribution in [0.15, 0.2) is 72.8 Å². The van der Waals surface area contributed by atoms with E-state index in [1.54, 1.807) is 21.2 Å². The molecule has 0 fully saturated rings. The molecule has 0 aromatic heterocycles. The summed E-state index contributed by atoms with van der Waals surface area (Å²) in [5, 5.41) is 6.39. The second-order valence-electron chi connectivity index (χ2n) is 14.5. The Morgan fingerprint density at radius 2 is 0.540 bits per heavy atom. The van der Waals surface area contributed by atoms with Gasteiger partial charge in [-0.2, -0.15) is 0 Å². The van der Waals surface area contributed by atoms with Crippen LogP contribution in [0.3, 0.4) is 0 Å². The van der Waals surface area contributed by atoms with Gasteiger partial charge in [-0.1, -0.05) is 155 Å². The summed E-state index contributed by atoms with van der Waals surface area (Å²) in [6.07, 6.45) is 11.2. The molecule has 0 aliphatic rings. The molecule has 4 aromatic rings. The molecule has 0 amide bonds. The summed E-state index contributed by atoms with van der Waals surface area (Å²) in [6.45, 7) is 26.4. The maximum atomic E-state index is 2.66. The molecular formula is C48H68P2. The van der Waals surface area contributed by atoms with E-state index in [2.05, 4.69) is 149 Å². The zero-order valence-corrected chi connectivity index (χ0v) is 35.4. The SMILES string of the molecule is CCCC(C(C)P(c1cc(CC)cc(CC)c1)c1cc(CC)cc(CC)c1)C(C)P(c1cc(CC)cc(CC)c1)c1cc(CC)cc(CC)c1. The number of hydrogen-bond donors (Lipinski definition) is 0. The van der Waals surface area contributed by atoms with Crippen LogP contribution in [0.1, 0.15) is 134 Å². The second kappa shape index (κ2) is 19.5. The van der Waals surface area contributed by atoms with E-state index in [4.69, 9.17) is 0 Å². The minimum Gasteiger partial charge on any atom is -0.0654 e. The molecule has 0 saturated carbocycles. The Kier molecular flexibility index (Phi) is 15.8. The first-order valence-corrected chi connectivity index (χ1v) is 23.1. The predicted molar refractivity (Wildman–Crippen MR) is 230 cm³/mol. The Hall–Kier alpha value is -2.26. The topological polar surface area (TPSA) is 0 Å². The first-order chi connectivity index (χ1) is 24.2. The van der Waals surface area contributed by atoms with Gasteiger partial charge >= 0.3 is 0 Å². The summed E-state index contributed by atoms with van der Waals surface area (Å²) in [7, 11) is -1.15. The first kappa shape index (κ1) is 40.5. The van der Waals surface area contributed by atoms with E-state index in [1.807, 2.05) is 0 Å². The first-order valence-electron chi connectivity index (χ1n) is 20.3. The molecule has 2 heteroatoms. The van der Waals surface area contributed by atoms with Crippen molar-refractivity contribution in [2.45, 2.75) is 152 Å². The highest BCUT2D eigenvalue weighted by Crippen LogP contribution is 2.53. The fraction of sp³-hybridized carbons (Fsp3) is 0.500. The zero-order valence-electron chi connectivity index (χ0n) is 33.6. The van der Waals surface area contributed by atoms with Gasteiger partial charge in [-0.15, -0.1) is 0 Å². The molecule has 0 heterocycles. The largest absolute Gasteiger partial charge is 0.0654 e. The lowest BCUT2D eigenvalue weighted by molar-refractivity contribution is 0.467. The maximum absolute atomic E-state index is 2.66. The average Bonchev–Trinajstić information content (AvgIpc) is 3.15. The van der Waals surface area contributed by atoms with Crippen LogP contribution < -0.4 is 21.2 Å². The monoisotopic (exact) mass is 706 g/mol. The van der Waals surface area contributed by atoms with E-state index in [9.17, 15) is 0 Å². The van der Waals surface area contributed by atoms with Gasteiger partial charge in [0.15, 0.2) is 0 Å².